The molecule has 0 aromatic heterocycles. The van der Waals surface area contributed by atoms with Gasteiger partial charge in [-0.3, -0.25) is 9.69 Å². The highest BCUT2D eigenvalue weighted by molar-refractivity contribution is 5.72. The number of rotatable bonds is 3. The second-order valence-electron chi connectivity index (χ2n) is 4.85. The summed E-state index contributed by atoms with van der Waals surface area (Å²) in [6.07, 6.45) is 1.45. The third-order valence-corrected chi connectivity index (χ3v) is 3.45. The monoisotopic (exact) mass is 269 g/mol. The molecule has 1 aromatic carbocycles. The van der Waals surface area contributed by atoms with E-state index in [-0.39, 0.29) is 11.9 Å². The Morgan fingerprint density at radius 3 is 2.37 bits per heavy atom. The second kappa shape index (κ2) is 6.10. The highest BCUT2D eigenvalue weighted by Crippen LogP contribution is 2.20. The Kier molecular flexibility index (Phi) is 4.47. The van der Waals surface area contributed by atoms with E-state index in [0.717, 1.165) is 32.0 Å². The molecule has 19 heavy (non-hydrogen) atoms. The number of carbonyl (C=O) groups excluding carboxylic acids is 1. The first kappa shape index (κ1) is 13.9. The van der Waals surface area contributed by atoms with Crippen LogP contribution in [0.1, 0.15) is 18.4 Å². The van der Waals surface area contributed by atoms with Crippen molar-refractivity contribution in [2.24, 2.45) is 5.92 Å². The maximum atomic E-state index is 13.1. The number of benzene rings is 1. The fourth-order valence-electron chi connectivity index (χ4n) is 2.45. The van der Waals surface area contributed by atoms with Crippen LogP contribution >= 0.6 is 0 Å². The molecule has 104 valence electrons. The number of carbonyl (C=O) groups is 1. The molecule has 0 bridgehead atoms. The van der Waals surface area contributed by atoms with Crippen molar-refractivity contribution in [3.05, 3.63) is 35.4 Å². The van der Waals surface area contributed by atoms with E-state index in [2.05, 4.69) is 4.90 Å². The van der Waals surface area contributed by atoms with Crippen molar-refractivity contribution in [3.8, 4) is 0 Å². The summed E-state index contributed by atoms with van der Waals surface area (Å²) in [6, 6.07) is 3.55. The van der Waals surface area contributed by atoms with Gasteiger partial charge in [0.2, 0.25) is 0 Å². The molecular formula is C14H17F2NO2. The van der Waals surface area contributed by atoms with Crippen LogP contribution in [0.4, 0.5) is 8.78 Å². The lowest BCUT2D eigenvalue weighted by Crippen LogP contribution is -2.36. The zero-order chi connectivity index (χ0) is 13.8. The molecule has 2 rings (SSSR count). The van der Waals surface area contributed by atoms with E-state index >= 15 is 0 Å². The zero-order valence-electron chi connectivity index (χ0n) is 10.9. The smallest absolute Gasteiger partial charge is 0.308 e. The highest BCUT2D eigenvalue weighted by Gasteiger charge is 2.25. The fraction of sp³-hybridized carbons (Fsp3) is 0.500. The first-order valence-corrected chi connectivity index (χ1v) is 6.33. The van der Waals surface area contributed by atoms with E-state index in [0.29, 0.717) is 12.1 Å². The molecule has 1 fully saturated rings. The molecule has 0 aliphatic carbocycles. The summed E-state index contributed by atoms with van der Waals surface area (Å²) in [5.41, 5.74) is 0.619. The average Bonchev–Trinajstić information content (AvgIpc) is 2.37. The normalized spacial score (nSPS) is 17.4. The molecule has 1 heterocycles. The van der Waals surface area contributed by atoms with Crippen LogP contribution in [0.25, 0.3) is 0 Å². The number of hydrogen-bond acceptors (Lipinski definition) is 3. The average molecular weight is 269 g/mol. The lowest BCUT2D eigenvalue weighted by molar-refractivity contribution is -0.147. The fourth-order valence-corrected chi connectivity index (χ4v) is 2.45. The minimum absolute atomic E-state index is 0.0505. The Bertz CT molecular complexity index is 437. The summed E-state index contributed by atoms with van der Waals surface area (Å²) in [4.78, 5) is 13.5. The van der Waals surface area contributed by atoms with Gasteiger partial charge in [0, 0.05) is 12.6 Å². The van der Waals surface area contributed by atoms with Crippen LogP contribution in [0.15, 0.2) is 18.2 Å². The number of methoxy groups -OCH3 is 1. The van der Waals surface area contributed by atoms with Gasteiger partial charge in [0.1, 0.15) is 11.6 Å². The van der Waals surface area contributed by atoms with E-state index in [4.69, 9.17) is 4.74 Å². The Balaban J connectivity index is 1.90. The second-order valence-corrected chi connectivity index (χ2v) is 4.85. The molecule has 1 aromatic rings. The standard InChI is InChI=1S/C14H17F2NO2/c1-19-14(18)11-2-4-17(5-3-11)9-10-6-12(15)8-13(16)7-10/h6-8,11H,2-5,9H2,1H3. The van der Waals surface area contributed by atoms with Gasteiger partial charge in [0.05, 0.1) is 13.0 Å². The van der Waals surface area contributed by atoms with Crippen LogP contribution in [-0.2, 0) is 16.1 Å². The SMILES string of the molecule is COC(=O)C1CCN(Cc2cc(F)cc(F)c2)CC1. The van der Waals surface area contributed by atoms with Crippen molar-refractivity contribution in [1.29, 1.82) is 0 Å². The van der Waals surface area contributed by atoms with Crippen molar-refractivity contribution < 1.29 is 18.3 Å². The van der Waals surface area contributed by atoms with Gasteiger partial charge in [-0.25, -0.2) is 8.78 Å². The Morgan fingerprint density at radius 2 is 1.84 bits per heavy atom. The van der Waals surface area contributed by atoms with E-state index < -0.39 is 11.6 Å². The van der Waals surface area contributed by atoms with Crippen LogP contribution in [-0.4, -0.2) is 31.1 Å². The van der Waals surface area contributed by atoms with E-state index in [1.54, 1.807) is 0 Å². The van der Waals surface area contributed by atoms with Gasteiger partial charge < -0.3 is 4.74 Å². The molecule has 5 heteroatoms. The molecule has 3 nitrogen and oxygen atoms in total. The number of ether oxygens (including phenoxy) is 1. The number of likely N-dealkylation sites (tertiary alicyclic amines) is 1. The molecule has 0 spiro atoms. The van der Waals surface area contributed by atoms with Gasteiger partial charge in [-0.2, -0.15) is 0 Å². The van der Waals surface area contributed by atoms with E-state index in [1.807, 2.05) is 0 Å². The Labute approximate surface area is 111 Å². The molecule has 0 N–H and O–H groups in total. The summed E-state index contributed by atoms with van der Waals surface area (Å²) in [7, 11) is 1.39. The first-order valence-electron chi connectivity index (χ1n) is 6.33. The lowest BCUT2D eigenvalue weighted by atomic mass is 9.96. The van der Waals surface area contributed by atoms with Crippen LogP contribution in [0.5, 0.6) is 0 Å². The van der Waals surface area contributed by atoms with Crippen LogP contribution in [0, 0.1) is 17.6 Å². The van der Waals surface area contributed by atoms with Gasteiger partial charge in [0.15, 0.2) is 0 Å². The summed E-state index contributed by atoms with van der Waals surface area (Å²) in [5.74, 6) is -1.33. The molecule has 1 aliphatic rings. The van der Waals surface area contributed by atoms with Gasteiger partial charge in [-0.15, -0.1) is 0 Å². The first-order chi connectivity index (χ1) is 9.08. The van der Waals surface area contributed by atoms with Crippen LogP contribution < -0.4 is 0 Å². The predicted molar refractivity (Wildman–Crippen MR) is 66.4 cm³/mol. The molecule has 0 amide bonds. The summed E-state index contributed by atoms with van der Waals surface area (Å²) >= 11 is 0. The third kappa shape index (κ3) is 3.73. The van der Waals surface area contributed by atoms with Crippen molar-refractivity contribution >= 4 is 5.97 Å². The van der Waals surface area contributed by atoms with Gasteiger partial charge >= 0.3 is 5.97 Å². The maximum Gasteiger partial charge on any atom is 0.308 e. The molecule has 0 saturated carbocycles. The van der Waals surface area contributed by atoms with Gasteiger partial charge in [0.25, 0.3) is 0 Å². The Morgan fingerprint density at radius 1 is 1.26 bits per heavy atom. The van der Waals surface area contributed by atoms with Crippen LogP contribution in [0.3, 0.4) is 0 Å². The van der Waals surface area contributed by atoms with Crippen molar-refractivity contribution in [2.75, 3.05) is 20.2 Å². The number of piperidine rings is 1. The highest BCUT2D eigenvalue weighted by atomic mass is 19.1. The summed E-state index contributed by atoms with van der Waals surface area (Å²) in [6.45, 7) is 1.97. The third-order valence-electron chi connectivity index (χ3n) is 3.45. The molecular weight excluding hydrogens is 252 g/mol. The number of halogens is 2. The topological polar surface area (TPSA) is 29.5 Å². The van der Waals surface area contributed by atoms with Gasteiger partial charge in [-0.1, -0.05) is 0 Å². The van der Waals surface area contributed by atoms with Crippen LogP contribution in [0.2, 0.25) is 0 Å². The molecule has 0 radical (unpaired) electrons. The predicted octanol–water partition coefficient (Wildman–Crippen LogP) is 2.35. The Hall–Kier alpha value is -1.49. The van der Waals surface area contributed by atoms with Crippen molar-refractivity contribution in [1.82, 2.24) is 4.90 Å². The lowest BCUT2D eigenvalue weighted by Gasteiger charge is -2.30. The molecule has 0 atom stereocenters. The molecule has 0 unspecified atom stereocenters. The van der Waals surface area contributed by atoms with Crippen molar-refractivity contribution in [2.45, 2.75) is 19.4 Å². The van der Waals surface area contributed by atoms with Gasteiger partial charge in [-0.05, 0) is 43.6 Å². The quantitative estimate of drug-likeness (QED) is 0.789. The number of hydrogen-bond donors (Lipinski definition) is 0. The summed E-state index contributed by atoms with van der Waals surface area (Å²) < 4.78 is 30.9. The molecule has 1 saturated heterocycles. The number of esters is 1. The molecule has 1 aliphatic heterocycles. The largest absolute Gasteiger partial charge is 0.469 e. The van der Waals surface area contributed by atoms with Crippen molar-refractivity contribution in [3.63, 3.8) is 0 Å². The minimum atomic E-state index is -0.556. The van der Waals surface area contributed by atoms with E-state index in [1.165, 1.54) is 19.2 Å². The zero-order valence-corrected chi connectivity index (χ0v) is 10.9. The maximum absolute atomic E-state index is 13.1. The number of nitrogens with zero attached hydrogens (tertiary/aromatic N) is 1. The minimum Gasteiger partial charge on any atom is -0.469 e. The summed E-state index contributed by atoms with van der Waals surface area (Å²) in [5, 5.41) is 0. The van der Waals surface area contributed by atoms with E-state index in [9.17, 15) is 13.6 Å².